The molecular weight excluding hydrogens is 292 g/mol. The van der Waals surface area contributed by atoms with Gasteiger partial charge in [-0.25, -0.2) is 0 Å². The fourth-order valence-corrected chi connectivity index (χ4v) is 2.95. The van der Waals surface area contributed by atoms with Gasteiger partial charge in [-0.1, -0.05) is 6.07 Å². The molecule has 4 heteroatoms. The number of benzene rings is 1. The van der Waals surface area contributed by atoms with Crippen LogP contribution in [0.4, 0.5) is 5.69 Å². The maximum atomic E-state index is 9.59. The largest absolute Gasteiger partial charge is 0.389 e. The zero-order chi connectivity index (χ0) is 13.3. The van der Waals surface area contributed by atoms with Crippen molar-refractivity contribution < 1.29 is 5.11 Å². The summed E-state index contributed by atoms with van der Waals surface area (Å²) >= 11 is 3.62. The molecule has 0 radical (unpaired) electrons. The van der Waals surface area contributed by atoms with E-state index in [-0.39, 0.29) is 0 Å². The maximum absolute atomic E-state index is 9.59. The first-order chi connectivity index (χ1) is 8.49. The molecule has 1 fully saturated rings. The van der Waals surface area contributed by atoms with Crippen molar-refractivity contribution in [1.82, 2.24) is 4.90 Å². The molecule has 100 valence electrons. The molecule has 18 heavy (non-hydrogen) atoms. The highest BCUT2D eigenvalue weighted by Crippen LogP contribution is 2.30. The predicted molar refractivity (Wildman–Crippen MR) is 79.1 cm³/mol. The van der Waals surface area contributed by atoms with E-state index in [2.05, 4.69) is 45.8 Å². The van der Waals surface area contributed by atoms with Crippen molar-refractivity contribution in [3.63, 3.8) is 0 Å². The molecule has 1 aromatic rings. The molecule has 0 aromatic heterocycles. The molecule has 0 amide bonds. The van der Waals surface area contributed by atoms with Crippen LogP contribution in [0, 0.1) is 0 Å². The van der Waals surface area contributed by atoms with Crippen LogP contribution in [0.25, 0.3) is 0 Å². The summed E-state index contributed by atoms with van der Waals surface area (Å²) in [6.07, 6.45) is -0.415. The number of hydrogen-bond acceptors (Lipinski definition) is 3. The number of hydrogen-bond donors (Lipinski definition) is 1. The van der Waals surface area contributed by atoms with Crippen molar-refractivity contribution in [2.45, 2.75) is 26.0 Å². The summed E-state index contributed by atoms with van der Waals surface area (Å²) in [6, 6.07) is 6.70. The summed E-state index contributed by atoms with van der Waals surface area (Å²) in [5, 5.41) is 9.59. The van der Waals surface area contributed by atoms with E-state index >= 15 is 0 Å². The van der Waals surface area contributed by atoms with Crippen LogP contribution in [0.15, 0.2) is 22.7 Å². The summed E-state index contributed by atoms with van der Waals surface area (Å²) < 4.78 is 1.07. The number of nitrogens with zero attached hydrogens (tertiary/aromatic N) is 2. The van der Waals surface area contributed by atoms with Crippen molar-refractivity contribution in [1.29, 1.82) is 0 Å². The second-order valence-electron chi connectivity index (χ2n) is 5.16. The fourth-order valence-electron chi connectivity index (χ4n) is 2.31. The van der Waals surface area contributed by atoms with E-state index in [0.29, 0.717) is 6.04 Å². The summed E-state index contributed by atoms with van der Waals surface area (Å²) in [7, 11) is 2.17. The summed E-state index contributed by atoms with van der Waals surface area (Å²) in [5.41, 5.74) is 2.17. The lowest BCUT2D eigenvalue weighted by atomic mass is 10.1. The normalized spacial score (nSPS) is 23.2. The van der Waals surface area contributed by atoms with E-state index in [9.17, 15) is 5.11 Å². The van der Waals surface area contributed by atoms with E-state index in [1.54, 1.807) is 6.92 Å². The zero-order valence-electron chi connectivity index (χ0n) is 11.2. The van der Waals surface area contributed by atoms with E-state index < -0.39 is 6.10 Å². The first kappa shape index (κ1) is 13.8. The maximum Gasteiger partial charge on any atom is 0.0762 e. The predicted octanol–water partition coefficient (Wildman–Crippen LogP) is 2.64. The van der Waals surface area contributed by atoms with Gasteiger partial charge in [0.15, 0.2) is 0 Å². The Balaban J connectivity index is 2.19. The van der Waals surface area contributed by atoms with E-state index in [0.717, 1.165) is 29.7 Å². The Morgan fingerprint density at radius 1 is 1.39 bits per heavy atom. The molecule has 1 saturated heterocycles. The molecule has 0 saturated carbocycles. The number of halogens is 1. The number of likely N-dealkylation sites (N-methyl/N-ethyl adjacent to an activating group) is 1. The van der Waals surface area contributed by atoms with Crippen molar-refractivity contribution >= 4 is 21.6 Å². The average molecular weight is 313 g/mol. The van der Waals surface area contributed by atoms with Gasteiger partial charge in [0.1, 0.15) is 0 Å². The van der Waals surface area contributed by atoms with Crippen LogP contribution < -0.4 is 4.90 Å². The van der Waals surface area contributed by atoms with E-state index in [1.165, 1.54) is 5.69 Å². The molecule has 0 bridgehead atoms. The Labute approximate surface area is 118 Å². The van der Waals surface area contributed by atoms with Crippen molar-refractivity contribution in [2.24, 2.45) is 0 Å². The van der Waals surface area contributed by atoms with E-state index in [1.807, 2.05) is 12.1 Å². The summed E-state index contributed by atoms with van der Waals surface area (Å²) in [6.45, 7) is 7.23. The standard InChI is InChI=1S/C14H21BrN2O/c1-10-9-17(7-6-16(10)3)14-5-4-12(11(2)18)8-13(14)15/h4-5,8,10-11,18H,6-7,9H2,1-3H3. The Kier molecular flexibility index (Phi) is 4.30. The van der Waals surface area contributed by atoms with Gasteiger partial charge in [0, 0.05) is 30.1 Å². The van der Waals surface area contributed by atoms with Crippen molar-refractivity contribution in [3.8, 4) is 0 Å². The molecule has 0 spiro atoms. The first-order valence-corrected chi connectivity index (χ1v) is 7.21. The van der Waals surface area contributed by atoms with Crippen molar-refractivity contribution in [2.75, 3.05) is 31.6 Å². The van der Waals surface area contributed by atoms with Crippen LogP contribution in [0.3, 0.4) is 0 Å². The lowest BCUT2D eigenvalue weighted by molar-refractivity contribution is 0.199. The zero-order valence-corrected chi connectivity index (χ0v) is 12.8. The lowest BCUT2D eigenvalue weighted by Crippen LogP contribution is -2.50. The number of piperazine rings is 1. The third-order valence-electron chi connectivity index (χ3n) is 3.75. The average Bonchev–Trinajstić information content (AvgIpc) is 2.32. The highest BCUT2D eigenvalue weighted by atomic mass is 79.9. The van der Waals surface area contributed by atoms with Gasteiger partial charge in [-0.2, -0.15) is 0 Å². The van der Waals surface area contributed by atoms with Gasteiger partial charge in [0.05, 0.1) is 11.8 Å². The van der Waals surface area contributed by atoms with Crippen molar-refractivity contribution in [3.05, 3.63) is 28.2 Å². The second-order valence-corrected chi connectivity index (χ2v) is 6.02. The molecule has 1 aliphatic heterocycles. The Hall–Kier alpha value is -0.580. The topological polar surface area (TPSA) is 26.7 Å². The van der Waals surface area contributed by atoms with Gasteiger partial charge in [0.2, 0.25) is 0 Å². The monoisotopic (exact) mass is 312 g/mol. The van der Waals surface area contributed by atoms with Crippen LogP contribution in [0.5, 0.6) is 0 Å². The molecule has 0 aliphatic carbocycles. The number of aliphatic hydroxyl groups is 1. The quantitative estimate of drug-likeness (QED) is 0.909. The minimum Gasteiger partial charge on any atom is -0.389 e. The van der Waals surface area contributed by atoms with Gasteiger partial charge < -0.3 is 14.9 Å². The van der Waals surface area contributed by atoms with Crippen LogP contribution in [0.2, 0.25) is 0 Å². The first-order valence-electron chi connectivity index (χ1n) is 6.41. The summed E-state index contributed by atoms with van der Waals surface area (Å²) in [5.74, 6) is 0. The number of anilines is 1. The Bertz CT molecular complexity index is 422. The number of rotatable bonds is 2. The molecule has 2 unspecified atom stereocenters. The molecule has 3 nitrogen and oxygen atoms in total. The molecule has 1 N–H and O–H groups in total. The third kappa shape index (κ3) is 2.87. The van der Waals surface area contributed by atoms with Gasteiger partial charge in [0.25, 0.3) is 0 Å². The molecule has 1 heterocycles. The minimum absolute atomic E-state index is 0.415. The molecule has 2 atom stereocenters. The van der Waals surface area contributed by atoms with Crippen LogP contribution >= 0.6 is 15.9 Å². The lowest BCUT2D eigenvalue weighted by Gasteiger charge is -2.39. The Morgan fingerprint density at radius 3 is 2.67 bits per heavy atom. The van der Waals surface area contributed by atoms with Gasteiger partial charge in [-0.15, -0.1) is 0 Å². The van der Waals surface area contributed by atoms with Crippen LogP contribution in [-0.4, -0.2) is 42.7 Å². The van der Waals surface area contributed by atoms with Crippen LogP contribution in [-0.2, 0) is 0 Å². The SMILES string of the molecule is CC(O)c1ccc(N2CCN(C)C(C)C2)c(Br)c1. The van der Waals surface area contributed by atoms with E-state index in [4.69, 9.17) is 0 Å². The highest BCUT2D eigenvalue weighted by Gasteiger charge is 2.22. The van der Waals surface area contributed by atoms with Crippen LogP contribution in [0.1, 0.15) is 25.5 Å². The summed E-state index contributed by atoms with van der Waals surface area (Å²) in [4.78, 5) is 4.79. The molecule has 1 aromatic carbocycles. The number of aliphatic hydroxyl groups excluding tert-OH is 1. The molecule has 1 aliphatic rings. The highest BCUT2D eigenvalue weighted by molar-refractivity contribution is 9.10. The molecular formula is C14H21BrN2O. The van der Waals surface area contributed by atoms with Gasteiger partial charge in [-0.3, -0.25) is 0 Å². The van der Waals surface area contributed by atoms with Gasteiger partial charge >= 0.3 is 0 Å². The smallest absolute Gasteiger partial charge is 0.0762 e. The third-order valence-corrected chi connectivity index (χ3v) is 4.39. The van der Waals surface area contributed by atoms with Gasteiger partial charge in [-0.05, 0) is 54.5 Å². The minimum atomic E-state index is -0.415. The Morgan fingerprint density at radius 2 is 2.11 bits per heavy atom. The second kappa shape index (κ2) is 5.59. The molecule has 2 rings (SSSR count). The fraction of sp³-hybridized carbons (Fsp3) is 0.571.